The van der Waals surface area contributed by atoms with Crippen LogP contribution in [-0.2, 0) is 6.54 Å². The van der Waals surface area contributed by atoms with Crippen LogP contribution in [0.4, 0.5) is 5.69 Å². The normalized spacial score (nSPS) is 11.0. The van der Waals surface area contributed by atoms with Crippen LogP contribution in [-0.4, -0.2) is 20.1 Å². The highest BCUT2D eigenvalue weighted by Crippen LogP contribution is 2.18. The molecule has 0 aliphatic rings. The first-order valence-electron chi connectivity index (χ1n) is 7.01. The number of carbonyl (C=O) groups is 1. The molecule has 0 fully saturated rings. The monoisotopic (exact) mass is 282 g/mol. The highest BCUT2D eigenvalue weighted by molar-refractivity contribution is 6.05. The van der Waals surface area contributed by atoms with Crippen molar-refractivity contribution in [2.75, 3.05) is 5.32 Å². The lowest BCUT2D eigenvalue weighted by Crippen LogP contribution is -2.11. The van der Waals surface area contributed by atoms with E-state index in [-0.39, 0.29) is 5.91 Å². The SMILES string of the molecule is CCn1ncc(NC(=O)c2cc3c(C)cccn3c2)c1C. The summed E-state index contributed by atoms with van der Waals surface area (Å²) in [5.74, 6) is -0.114. The first-order chi connectivity index (χ1) is 10.1. The molecule has 5 heteroatoms. The van der Waals surface area contributed by atoms with Gasteiger partial charge in [-0.2, -0.15) is 5.10 Å². The fraction of sp³-hybridized carbons (Fsp3) is 0.250. The third-order valence-electron chi connectivity index (χ3n) is 3.76. The molecule has 0 aliphatic heterocycles. The second-order valence-corrected chi connectivity index (χ2v) is 5.13. The number of amides is 1. The number of nitrogens with one attached hydrogen (secondary N) is 1. The van der Waals surface area contributed by atoms with Crippen molar-refractivity contribution in [2.45, 2.75) is 27.3 Å². The minimum absolute atomic E-state index is 0.114. The summed E-state index contributed by atoms with van der Waals surface area (Å²) in [6.45, 7) is 6.80. The van der Waals surface area contributed by atoms with E-state index >= 15 is 0 Å². The molecule has 21 heavy (non-hydrogen) atoms. The fourth-order valence-corrected chi connectivity index (χ4v) is 2.49. The number of hydrogen-bond acceptors (Lipinski definition) is 2. The van der Waals surface area contributed by atoms with E-state index in [2.05, 4.69) is 10.4 Å². The lowest BCUT2D eigenvalue weighted by Gasteiger charge is -2.03. The van der Waals surface area contributed by atoms with Gasteiger partial charge in [-0.1, -0.05) is 6.07 Å². The van der Waals surface area contributed by atoms with Crippen LogP contribution < -0.4 is 5.32 Å². The van der Waals surface area contributed by atoms with Crippen LogP contribution in [0.2, 0.25) is 0 Å². The fourth-order valence-electron chi connectivity index (χ4n) is 2.49. The molecule has 3 aromatic heterocycles. The van der Waals surface area contributed by atoms with E-state index < -0.39 is 0 Å². The van der Waals surface area contributed by atoms with E-state index in [0.717, 1.165) is 29.0 Å². The van der Waals surface area contributed by atoms with E-state index in [9.17, 15) is 4.79 Å². The van der Waals surface area contributed by atoms with Crippen molar-refractivity contribution in [1.29, 1.82) is 0 Å². The molecular formula is C16H18N4O. The van der Waals surface area contributed by atoms with Crippen molar-refractivity contribution in [3.8, 4) is 0 Å². The minimum atomic E-state index is -0.114. The van der Waals surface area contributed by atoms with E-state index in [1.165, 1.54) is 0 Å². The van der Waals surface area contributed by atoms with Crippen LogP contribution in [0, 0.1) is 13.8 Å². The molecule has 3 heterocycles. The zero-order valence-corrected chi connectivity index (χ0v) is 12.4. The summed E-state index contributed by atoms with van der Waals surface area (Å²) in [6.07, 6.45) is 5.48. The van der Waals surface area contributed by atoms with Gasteiger partial charge in [0.2, 0.25) is 0 Å². The first kappa shape index (κ1) is 13.4. The van der Waals surface area contributed by atoms with Gasteiger partial charge in [-0.3, -0.25) is 9.48 Å². The Bertz CT molecular complexity index is 813. The summed E-state index contributed by atoms with van der Waals surface area (Å²) >= 11 is 0. The van der Waals surface area contributed by atoms with Gasteiger partial charge >= 0.3 is 0 Å². The number of aryl methyl sites for hydroxylation is 2. The van der Waals surface area contributed by atoms with Crippen LogP contribution in [0.25, 0.3) is 5.52 Å². The maximum atomic E-state index is 12.4. The van der Waals surface area contributed by atoms with Crippen molar-refractivity contribution < 1.29 is 4.79 Å². The number of pyridine rings is 1. The number of fused-ring (bicyclic) bond motifs is 1. The zero-order valence-electron chi connectivity index (χ0n) is 12.4. The summed E-state index contributed by atoms with van der Waals surface area (Å²) in [5, 5.41) is 7.16. The van der Waals surface area contributed by atoms with Crippen molar-refractivity contribution >= 4 is 17.1 Å². The Kier molecular flexibility index (Phi) is 3.25. The summed E-state index contributed by atoms with van der Waals surface area (Å²) in [5.41, 5.74) is 4.56. The zero-order chi connectivity index (χ0) is 15.0. The molecule has 5 nitrogen and oxygen atoms in total. The minimum Gasteiger partial charge on any atom is -0.323 e. The number of anilines is 1. The topological polar surface area (TPSA) is 51.3 Å². The number of aromatic nitrogens is 3. The second-order valence-electron chi connectivity index (χ2n) is 5.13. The number of hydrogen-bond donors (Lipinski definition) is 1. The van der Waals surface area contributed by atoms with Crippen LogP contribution >= 0.6 is 0 Å². The van der Waals surface area contributed by atoms with E-state index in [1.807, 2.05) is 60.4 Å². The Hall–Kier alpha value is -2.56. The van der Waals surface area contributed by atoms with E-state index in [1.54, 1.807) is 6.20 Å². The Morgan fingerprint density at radius 2 is 2.19 bits per heavy atom. The van der Waals surface area contributed by atoms with Gasteiger partial charge < -0.3 is 9.72 Å². The number of rotatable bonds is 3. The van der Waals surface area contributed by atoms with Gasteiger partial charge in [0.25, 0.3) is 5.91 Å². The quantitative estimate of drug-likeness (QED) is 0.802. The second kappa shape index (κ2) is 5.09. The van der Waals surface area contributed by atoms with Gasteiger partial charge in [-0.25, -0.2) is 0 Å². The Labute approximate surface area is 123 Å². The molecule has 0 saturated heterocycles. The predicted molar refractivity (Wildman–Crippen MR) is 82.7 cm³/mol. The highest BCUT2D eigenvalue weighted by Gasteiger charge is 2.13. The van der Waals surface area contributed by atoms with E-state index in [0.29, 0.717) is 5.56 Å². The Balaban J connectivity index is 1.90. The van der Waals surface area contributed by atoms with Crippen molar-refractivity contribution in [2.24, 2.45) is 0 Å². The molecule has 0 radical (unpaired) electrons. The van der Waals surface area contributed by atoms with Gasteiger partial charge in [-0.05, 0) is 38.5 Å². The maximum Gasteiger partial charge on any atom is 0.257 e. The summed E-state index contributed by atoms with van der Waals surface area (Å²) in [7, 11) is 0. The average Bonchev–Trinajstić information content (AvgIpc) is 3.05. The molecule has 0 aromatic carbocycles. The predicted octanol–water partition coefficient (Wildman–Crippen LogP) is 3.02. The largest absolute Gasteiger partial charge is 0.323 e. The van der Waals surface area contributed by atoms with Crippen LogP contribution in [0.5, 0.6) is 0 Å². The standard InChI is InChI=1S/C16H18N4O/c1-4-20-12(3)14(9-17-20)18-16(21)13-8-15-11(2)6-5-7-19(15)10-13/h5-10H,4H2,1-3H3,(H,18,21). The third-order valence-corrected chi connectivity index (χ3v) is 3.76. The van der Waals surface area contributed by atoms with Gasteiger partial charge in [0.1, 0.15) is 0 Å². The molecule has 3 rings (SSSR count). The maximum absolute atomic E-state index is 12.4. The molecule has 108 valence electrons. The van der Waals surface area contributed by atoms with Gasteiger partial charge in [0.05, 0.1) is 23.1 Å². The number of nitrogens with zero attached hydrogens (tertiary/aromatic N) is 3. The van der Waals surface area contributed by atoms with Gasteiger partial charge in [0.15, 0.2) is 0 Å². The molecular weight excluding hydrogens is 264 g/mol. The van der Waals surface area contributed by atoms with Crippen LogP contribution in [0.1, 0.15) is 28.5 Å². The lowest BCUT2D eigenvalue weighted by molar-refractivity contribution is 0.102. The summed E-state index contributed by atoms with van der Waals surface area (Å²) < 4.78 is 3.82. The first-order valence-corrected chi connectivity index (χ1v) is 7.01. The van der Waals surface area contributed by atoms with Crippen LogP contribution in [0.3, 0.4) is 0 Å². The molecule has 0 aliphatic carbocycles. The number of carbonyl (C=O) groups excluding carboxylic acids is 1. The molecule has 1 N–H and O–H groups in total. The molecule has 0 spiro atoms. The van der Waals surface area contributed by atoms with Crippen molar-refractivity contribution in [3.63, 3.8) is 0 Å². The van der Waals surface area contributed by atoms with Crippen LogP contribution in [0.15, 0.2) is 36.8 Å². The van der Waals surface area contributed by atoms with Crippen molar-refractivity contribution in [3.05, 3.63) is 53.6 Å². The molecule has 0 saturated carbocycles. The van der Waals surface area contributed by atoms with Crippen molar-refractivity contribution in [1.82, 2.24) is 14.2 Å². The summed E-state index contributed by atoms with van der Waals surface area (Å²) in [4.78, 5) is 12.4. The molecule has 1 amide bonds. The smallest absolute Gasteiger partial charge is 0.257 e. The molecule has 0 atom stereocenters. The Morgan fingerprint density at radius 1 is 1.38 bits per heavy atom. The molecule has 3 aromatic rings. The molecule has 0 bridgehead atoms. The Morgan fingerprint density at radius 3 is 2.86 bits per heavy atom. The third kappa shape index (κ3) is 2.31. The van der Waals surface area contributed by atoms with Gasteiger partial charge in [0, 0.05) is 24.5 Å². The summed E-state index contributed by atoms with van der Waals surface area (Å²) in [6, 6.07) is 5.91. The average molecular weight is 282 g/mol. The molecule has 0 unspecified atom stereocenters. The van der Waals surface area contributed by atoms with E-state index in [4.69, 9.17) is 0 Å². The lowest BCUT2D eigenvalue weighted by atomic mass is 10.2. The van der Waals surface area contributed by atoms with Gasteiger partial charge in [-0.15, -0.1) is 0 Å². The highest BCUT2D eigenvalue weighted by atomic mass is 16.1.